The average Bonchev–Trinajstić information content (AvgIpc) is 2.81. The van der Waals surface area contributed by atoms with Gasteiger partial charge in [0, 0.05) is 18.8 Å². The molecule has 110 valence electrons. The van der Waals surface area contributed by atoms with Crippen LogP contribution in [0.25, 0.3) is 11.0 Å². The molecular formula is C15H23ClN4. The number of nitrogens with zero attached hydrogens (tertiary/aromatic N) is 4. The van der Waals surface area contributed by atoms with E-state index in [0.717, 1.165) is 36.4 Å². The first-order chi connectivity index (χ1) is 9.63. The van der Waals surface area contributed by atoms with Crippen molar-refractivity contribution >= 4 is 22.6 Å². The fourth-order valence-corrected chi connectivity index (χ4v) is 2.48. The molecule has 4 nitrogen and oxygen atoms in total. The maximum absolute atomic E-state index is 6.00. The number of hydrogen-bond acceptors (Lipinski definition) is 3. The first-order valence-electron chi connectivity index (χ1n) is 7.18. The predicted octanol–water partition coefficient (Wildman–Crippen LogP) is 3.29. The summed E-state index contributed by atoms with van der Waals surface area (Å²) in [6, 6.07) is 2.62. The molecule has 0 aliphatic heterocycles. The molecule has 2 aromatic rings. The van der Waals surface area contributed by atoms with E-state index in [0.29, 0.717) is 11.9 Å². The Morgan fingerprint density at radius 1 is 1.35 bits per heavy atom. The molecule has 0 unspecified atom stereocenters. The minimum Gasteiger partial charge on any atom is -0.327 e. The molecule has 0 aliphatic carbocycles. The van der Waals surface area contributed by atoms with Gasteiger partial charge in [0.15, 0.2) is 0 Å². The summed E-state index contributed by atoms with van der Waals surface area (Å²) < 4.78 is 2.22. The summed E-state index contributed by atoms with van der Waals surface area (Å²) in [6.45, 7) is 6.54. The molecule has 0 saturated heterocycles. The van der Waals surface area contributed by atoms with E-state index in [9.17, 15) is 0 Å². The van der Waals surface area contributed by atoms with E-state index in [-0.39, 0.29) is 0 Å². The lowest BCUT2D eigenvalue weighted by molar-refractivity contribution is 0.266. The van der Waals surface area contributed by atoms with Crippen molar-refractivity contribution in [3.63, 3.8) is 0 Å². The minimum atomic E-state index is 0.445. The van der Waals surface area contributed by atoms with E-state index >= 15 is 0 Å². The first kappa shape index (κ1) is 15.3. The van der Waals surface area contributed by atoms with Gasteiger partial charge < -0.3 is 9.47 Å². The van der Waals surface area contributed by atoms with E-state index in [1.807, 2.05) is 12.3 Å². The maximum Gasteiger partial charge on any atom is 0.124 e. The summed E-state index contributed by atoms with van der Waals surface area (Å²) in [5, 5.41) is 0. The monoisotopic (exact) mass is 294 g/mol. The number of unbranched alkanes of at least 4 members (excludes halogenated alkanes) is 1. The Kier molecular flexibility index (Phi) is 5.38. The molecular weight excluding hydrogens is 272 g/mol. The van der Waals surface area contributed by atoms with Crippen molar-refractivity contribution in [2.45, 2.75) is 45.2 Å². The van der Waals surface area contributed by atoms with Gasteiger partial charge in [0.2, 0.25) is 0 Å². The fraction of sp³-hybridized carbons (Fsp3) is 0.600. The second-order valence-corrected chi connectivity index (χ2v) is 5.73. The lowest BCUT2D eigenvalue weighted by Gasteiger charge is -2.20. The molecule has 0 bridgehead atoms. The number of imidazole rings is 1. The molecule has 0 radical (unpaired) electrons. The lowest BCUT2D eigenvalue weighted by atomic mass is 10.2. The Morgan fingerprint density at radius 3 is 2.85 bits per heavy atom. The van der Waals surface area contributed by atoms with Gasteiger partial charge in [-0.3, -0.25) is 4.98 Å². The van der Waals surface area contributed by atoms with Gasteiger partial charge in [-0.1, -0.05) is 0 Å². The third-order valence-corrected chi connectivity index (χ3v) is 4.01. The number of fused-ring (bicyclic) bond motifs is 1. The summed E-state index contributed by atoms with van der Waals surface area (Å²) in [5.74, 6) is 1.38. The third-order valence-electron chi connectivity index (χ3n) is 3.77. The maximum atomic E-state index is 6.00. The van der Waals surface area contributed by atoms with Gasteiger partial charge in [0.1, 0.15) is 11.3 Å². The molecule has 0 aliphatic rings. The summed E-state index contributed by atoms with van der Waals surface area (Å²) >= 11 is 6.00. The van der Waals surface area contributed by atoms with Crippen LogP contribution in [0.2, 0.25) is 0 Å². The molecule has 0 fully saturated rings. The summed E-state index contributed by atoms with van der Waals surface area (Å²) in [5.41, 5.74) is 2.07. The highest BCUT2D eigenvalue weighted by Crippen LogP contribution is 2.17. The average molecular weight is 295 g/mol. The third kappa shape index (κ3) is 3.49. The van der Waals surface area contributed by atoms with Crippen LogP contribution in [0.15, 0.2) is 18.5 Å². The van der Waals surface area contributed by atoms with Gasteiger partial charge in [0.25, 0.3) is 0 Å². The van der Waals surface area contributed by atoms with Gasteiger partial charge in [-0.2, -0.15) is 0 Å². The SMILES string of the molecule is CC(C)N(C)CCCCn1c(CCl)nc2cnccc21. The van der Waals surface area contributed by atoms with Gasteiger partial charge >= 0.3 is 0 Å². The smallest absolute Gasteiger partial charge is 0.124 e. The predicted molar refractivity (Wildman–Crippen MR) is 84.1 cm³/mol. The number of aromatic nitrogens is 3. The standard InChI is InChI=1S/C15H23ClN4/c1-12(2)19(3)8-4-5-9-20-14-6-7-17-11-13(14)18-15(20)10-16/h6-7,11-12H,4-5,8-10H2,1-3H3. The van der Waals surface area contributed by atoms with E-state index in [1.54, 1.807) is 6.20 Å². The van der Waals surface area contributed by atoms with Crippen LogP contribution in [0.1, 0.15) is 32.5 Å². The van der Waals surface area contributed by atoms with E-state index < -0.39 is 0 Å². The molecule has 0 aromatic carbocycles. The highest BCUT2D eigenvalue weighted by atomic mass is 35.5. The zero-order valence-corrected chi connectivity index (χ0v) is 13.3. The Labute approximate surface area is 125 Å². The van der Waals surface area contributed by atoms with Crippen LogP contribution in [0, 0.1) is 0 Å². The van der Waals surface area contributed by atoms with Gasteiger partial charge in [0.05, 0.1) is 17.6 Å². The van der Waals surface area contributed by atoms with Crippen molar-refractivity contribution in [2.75, 3.05) is 13.6 Å². The van der Waals surface area contributed by atoms with Crippen molar-refractivity contribution in [1.82, 2.24) is 19.4 Å². The largest absolute Gasteiger partial charge is 0.327 e. The van der Waals surface area contributed by atoms with Crippen LogP contribution in [0.3, 0.4) is 0 Å². The molecule has 20 heavy (non-hydrogen) atoms. The minimum absolute atomic E-state index is 0.445. The van der Waals surface area contributed by atoms with Crippen molar-refractivity contribution < 1.29 is 0 Å². The quantitative estimate of drug-likeness (QED) is 0.580. The molecule has 0 atom stereocenters. The zero-order chi connectivity index (χ0) is 14.5. The second-order valence-electron chi connectivity index (χ2n) is 5.46. The molecule has 2 aromatic heterocycles. The molecule has 2 heterocycles. The first-order valence-corrected chi connectivity index (χ1v) is 7.72. The van der Waals surface area contributed by atoms with Crippen molar-refractivity contribution in [2.24, 2.45) is 0 Å². The Morgan fingerprint density at radius 2 is 2.15 bits per heavy atom. The number of aryl methyl sites for hydroxylation is 1. The highest BCUT2D eigenvalue weighted by Gasteiger charge is 2.09. The molecule has 0 N–H and O–H groups in total. The highest BCUT2D eigenvalue weighted by molar-refractivity contribution is 6.16. The Balaban J connectivity index is 1.99. The van der Waals surface area contributed by atoms with Crippen molar-refractivity contribution in [3.05, 3.63) is 24.3 Å². The number of pyridine rings is 1. The topological polar surface area (TPSA) is 34.0 Å². The summed E-state index contributed by atoms with van der Waals surface area (Å²) in [6.07, 6.45) is 5.93. The second kappa shape index (κ2) is 7.04. The van der Waals surface area contributed by atoms with E-state index in [1.165, 1.54) is 6.42 Å². The van der Waals surface area contributed by atoms with E-state index in [2.05, 4.69) is 40.3 Å². The zero-order valence-electron chi connectivity index (χ0n) is 12.5. The fourth-order valence-electron chi connectivity index (χ4n) is 2.27. The summed E-state index contributed by atoms with van der Waals surface area (Å²) in [4.78, 5) is 11.0. The molecule has 2 rings (SSSR count). The Hall–Kier alpha value is -1.13. The van der Waals surface area contributed by atoms with Crippen LogP contribution in [0.5, 0.6) is 0 Å². The van der Waals surface area contributed by atoms with Gasteiger partial charge in [-0.05, 0) is 46.3 Å². The van der Waals surface area contributed by atoms with Crippen LogP contribution in [-0.4, -0.2) is 39.1 Å². The van der Waals surface area contributed by atoms with Crippen molar-refractivity contribution in [3.8, 4) is 0 Å². The summed E-state index contributed by atoms with van der Waals surface area (Å²) in [7, 11) is 2.17. The van der Waals surface area contributed by atoms with E-state index in [4.69, 9.17) is 11.6 Å². The number of alkyl halides is 1. The number of hydrogen-bond donors (Lipinski definition) is 0. The number of halogens is 1. The molecule has 5 heteroatoms. The Bertz CT molecular complexity index is 550. The van der Waals surface area contributed by atoms with Crippen LogP contribution in [-0.2, 0) is 12.4 Å². The lowest BCUT2D eigenvalue weighted by Crippen LogP contribution is -2.27. The van der Waals surface area contributed by atoms with Crippen LogP contribution >= 0.6 is 11.6 Å². The molecule has 0 saturated carbocycles. The van der Waals surface area contributed by atoms with Gasteiger partial charge in [-0.15, -0.1) is 11.6 Å². The van der Waals surface area contributed by atoms with Crippen molar-refractivity contribution in [1.29, 1.82) is 0 Å². The van der Waals surface area contributed by atoms with Gasteiger partial charge in [-0.25, -0.2) is 4.98 Å². The molecule has 0 amide bonds. The molecule has 0 spiro atoms. The van der Waals surface area contributed by atoms with Crippen LogP contribution < -0.4 is 0 Å². The normalized spacial score (nSPS) is 11.9. The number of rotatable bonds is 7. The van der Waals surface area contributed by atoms with Crippen LogP contribution in [0.4, 0.5) is 0 Å².